The highest BCUT2D eigenvalue weighted by Gasteiger charge is 1.98. The van der Waals surface area contributed by atoms with Crippen LogP contribution in [0.2, 0.25) is 0 Å². The highest BCUT2D eigenvalue weighted by atomic mass is 16.5. The molecule has 1 aromatic heterocycles. The van der Waals surface area contributed by atoms with E-state index in [9.17, 15) is 4.79 Å². The Bertz CT molecular complexity index is 418. The zero-order valence-electron chi connectivity index (χ0n) is 8.81. The second-order valence-electron chi connectivity index (χ2n) is 2.90. The summed E-state index contributed by atoms with van der Waals surface area (Å²) in [7, 11) is 5.00. The molecule has 1 aromatic rings. The molecule has 0 aliphatic heterocycles. The fourth-order valence-electron chi connectivity index (χ4n) is 0.826. The Labute approximate surface area is 88.1 Å². The van der Waals surface area contributed by atoms with E-state index in [-0.39, 0.29) is 0 Å². The highest BCUT2D eigenvalue weighted by molar-refractivity contribution is 5.88. The van der Waals surface area contributed by atoms with Crippen molar-refractivity contribution in [2.24, 2.45) is 0 Å². The average molecular weight is 205 g/mol. The van der Waals surface area contributed by atoms with Gasteiger partial charge in [0.25, 0.3) is 0 Å². The van der Waals surface area contributed by atoms with Crippen LogP contribution in [0.15, 0.2) is 12.4 Å². The highest BCUT2D eigenvalue weighted by Crippen LogP contribution is 2.05. The van der Waals surface area contributed by atoms with Crippen molar-refractivity contribution in [1.29, 1.82) is 0 Å². The van der Waals surface area contributed by atoms with Gasteiger partial charge in [0, 0.05) is 26.1 Å². The van der Waals surface area contributed by atoms with Crippen molar-refractivity contribution in [1.82, 2.24) is 9.97 Å². The van der Waals surface area contributed by atoms with Gasteiger partial charge in [0.1, 0.15) is 17.8 Å². The zero-order chi connectivity index (χ0) is 11.3. The molecule has 1 heterocycles. The summed E-state index contributed by atoms with van der Waals surface area (Å²) in [5, 5.41) is 0. The second kappa shape index (κ2) is 4.96. The lowest BCUT2D eigenvalue weighted by Crippen LogP contribution is -2.10. The molecule has 0 bridgehead atoms. The first-order valence-electron chi connectivity index (χ1n) is 4.23. The minimum absolute atomic E-state index is 0.485. The van der Waals surface area contributed by atoms with E-state index in [4.69, 9.17) is 0 Å². The third-order valence-corrected chi connectivity index (χ3v) is 1.59. The average Bonchev–Trinajstić information content (AvgIpc) is 2.26. The predicted molar refractivity (Wildman–Crippen MR) is 55.3 cm³/mol. The lowest BCUT2D eigenvalue weighted by molar-refractivity contribution is -0.133. The summed E-state index contributed by atoms with van der Waals surface area (Å²) in [6.07, 6.45) is 1.40. The molecule has 0 aliphatic carbocycles. The van der Waals surface area contributed by atoms with E-state index < -0.39 is 5.97 Å². The molecule has 78 valence electrons. The van der Waals surface area contributed by atoms with Gasteiger partial charge in [0.05, 0.1) is 7.11 Å². The molecule has 0 unspecified atom stereocenters. The standard InChI is InChI=1S/C10H11N3O2/c1-13(2)9-6-8(11-7-12-9)4-5-10(14)15-3/h6-7H,1-3H3. The van der Waals surface area contributed by atoms with Crippen LogP contribution < -0.4 is 4.90 Å². The van der Waals surface area contributed by atoms with Gasteiger partial charge >= 0.3 is 5.97 Å². The van der Waals surface area contributed by atoms with Gasteiger partial charge in [-0.3, -0.25) is 0 Å². The maximum absolute atomic E-state index is 10.8. The van der Waals surface area contributed by atoms with Crippen molar-refractivity contribution < 1.29 is 9.53 Å². The van der Waals surface area contributed by atoms with Crippen LogP contribution in [0.25, 0.3) is 0 Å². The van der Waals surface area contributed by atoms with E-state index in [1.54, 1.807) is 6.07 Å². The van der Waals surface area contributed by atoms with E-state index in [0.29, 0.717) is 5.69 Å². The number of carbonyl (C=O) groups is 1. The van der Waals surface area contributed by atoms with Crippen LogP contribution in [0.4, 0.5) is 5.82 Å². The van der Waals surface area contributed by atoms with Crippen LogP contribution in [0.3, 0.4) is 0 Å². The maximum Gasteiger partial charge on any atom is 0.384 e. The van der Waals surface area contributed by atoms with Crippen LogP contribution in [-0.2, 0) is 9.53 Å². The van der Waals surface area contributed by atoms with Gasteiger partial charge in [-0.25, -0.2) is 14.8 Å². The lowest BCUT2D eigenvalue weighted by atomic mass is 10.4. The first kappa shape index (κ1) is 11.0. The van der Waals surface area contributed by atoms with Crippen LogP contribution in [0.1, 0.15) is 5.69 Å². The molecule has 1 rings (SSSR count). The molecule has 0 saturated heterocycles. The Morgan fingerprint density at radius 1 is 1.47 bits per heavy atom. The van der Waals surface area contributed by atoms with Crippen LogP contribution in [-0.4, -0.2) is 37.1 Å². The molecule has 0 fully saturated rings. The number of carbonyl (C=O) groups excluding carboxylic acids is 1. The van der Waals surface area contributed by atoms with E-state index in [1.165, 1.54) is 13.4 Å². The van der Waals surface area contributed by atoms with Crippen molar-refractivity contribution in [3.63, 3.8) is 0 Å². The summed E-state index contributed by atoms with van der Waals surface area (Å²) in [5.74, 6) is 5.04. The molecule has 0 radical (unpaired) electrons. The van der Waals surface area contributed by atoms with Crippen molar-refractivity contribution in [2.75, 3.05) is 26.1 Å². The number of hydrogen-bond donors (Lipinski definition) is 0. The summed E-state index contributed by atoms with van der Waals surface area (Å²) < 4.78 is 4.38. The number of aromatic nitrogens is 2. The fraction of sp³-hybridized carbons (Fsp3) is 0.300. The minimum Gasteiger partial charge on any atom is -0.459 e. The van der Waals surface area contributed by atoms with E-state index in [2.05, 4.69) is 26.5 Å². The zero-order valence-corrected chi connectivity index (χ0v) is 8.81. The normalized spacial score (nSPS) is 8.73. The molecule has 0 spiro atoms. The molecule has 5 heteroatoms. The van der Waals surface area contributed by atoms with Gasteiger partial charge < -0.3 is 9.64 Å². The van der Waals surface area contributed by atoms with E-state index in [0.717, 1.165) is 5.82 Å². The minimum atomic E-state index is -0.583. The monoisotopic (exact) mass is 205 g/mol. The lowest BCUT2D eigenvalue weighted by Gasteiger charge is -2.09. The van der Waals surface area contributed by atoms with Gasteiger partial charge in [0.15, 0.2) is 0 Å². The molecular formula is C10H11N3O2. The fourth-order valence-corrected chi connectivity index (χ4v) is 0.826. The molecule has 15 heavy (non-hydrogen) atoms. The second-order valence-corrected chi connectivity index (χ2v) is 2.90. The molecule has 0 aromatic carbocycles. The Hall–Kier alpha value is -2.09. The summed E-state index contributed by atoms with van der Waals surface area (Å²) in [5.41, 5.74) is 0.485. The van der Waals surface area contributed by atoms with E-state index in [1.807, 2.05) is 19.0 Å². The summed E-state index contributed by atoms with van der Waals surface area (Å²) in [6, 6.07) is 1.69. The topological polar surface area (TPSA) is 55.3 Å². The summed E-state index contributed by atoms with van der Waals surface area (Å²) in [4.78, 5) is 20.5. The Kier molecular flexibility index (Phi) is 3.63. The van der Waals surface area contributed by atoms with Crippen molar-refractivity contribution >= 4 is 11.8 Å². The Morgan fingerprint density at radius 3 is 2.80 bits per heavy atom. The first-order chi connectivity index (χ1) is 7.13. The molecule has 0 atom stereocenters. The van der Waals surface area contributed by atoms with Crippen LogP contribution >= 0.6 is 0 Å². The molecule has 5 nitrogen and oxygen atoms in total. The number of hydrogen-bond acceptors (Lipinski definition) is 5. The first-order valence-corrected chi connectivity index (χ1v) is 4.23. The summed E-state index contributed by atoms with van der Waals surface area (Å²) in [6.45, 7) is 0. The molecular weight excluding hydrogens is 194 g/mol. The largest absolute Gasteiger partial charge is 0.459 e. The number of methoxy groups -OCH3 is 1. The van der Waals surface area contributed by atoms with Crippen molar-refractivity contribution in [2.45, 2.75) is 0 Å². The molecule has 0 saturated carbocycles. The van der Waals surface area contributed by atoms with E-state index >= 15 is 0 Å². The summed E-state index contributed by atoms with van der Waals surface area (Å²) >= 11 is 0. The predicted octanol–water partition coefficient (Wildman–Crippen LogP) is 0.0671. The Balaban J connectivity index is 2.90. The van der Waals surface area contributed by atoms with Crippen molar-refractivity contribution in [3.8, 4) is 11.8 Å². The maximum atomic E-state index is 10.8. The smallest absolute Gasteiger partial charge is 0.384 e. The number of rotatable bonds is 1. The number of nitrogens with zero attached hydrogens (tertiary/aromatic N) is 3. The number of esters is 1. The third kappa shape index (κ3) is 3.27. The third-order valence-electron chi connectivity index (χ3n) is 1.59. The molecule has 0 N–H and O–H groups in total. The van der Waals surface area contributed by atoms with Crippen molar-refractivity contribution in [3.05, 3.63) is 18.1 Å². The number of ether oxygens (including phenoxy) is 1. The number of anilines is 1. The van der Waals surface area contributed by atoms with Crippen LogP contribution in [0, 0.1) is 11.8 Å². The SMILES string of the molecule is COC(=O)C#Cc1cc(N(C)C)ncn1. The van der Waals surface area contributed by atoms with Gasteiger partial charge in [0.2, 0.25) is 0 Å². The Morgan fingerprint density at radius 2 is 2.20 bits per heavy atom. The van der Waals surface area contributed by atoms with Gasteiger partial charge in [-0.1, -0.05) is 0 Å². The van der Waals surface area contributed by atoms with Gasteiger partial charge in [-0.05, 0) is 5.92 Å². The van der Waals surface area contributed by atoms with Gasteiger partial charge in [-0.2, -0.15) is 0 Å². The van der Waals surface area contributed by atoms with Gasteiger partial charge in [-0.15, -0.1) is 0 Å². The van der Waals surface area contributed by atoms with Crippen LogP contribution in [0.5, 0.6) is 0 Å². The molecule has 0 aliphatic rings. The quantitative estimate of drug-likeness (QED) is 0.479. The molecule has 0 amide bonds.